The van der Waals surface area contributed by atoms with Gasteiger partial charge in [-0.15, -0.1) is 0 Å². The van der Waals surface area contributed by atoms with E-state index in [1.807, 2.05) is 18.2 Å². The first-order valence-electron chi connectivity index (χ1n) is 4.02. The Hall–Kier alpha value is -1.77. The van der Waals surface area contributed by atoms with E-state index in [1.54, 1.807) is 12.1 Å². The van der Waals surface area contributed by atoms with E-state index in [0.29, 0.717) is 12.1 Å². The Morgan fingerprint density at radius 2 is 2.00 bits per heavy atom. The average Bonchev–Trinajstić information content (AvgIpc) is 2.19. The van der Waals surface area contributed by atoms with Gasteiger partial charge in [-0.25, -0.2) is 0 Å². The number of carbonyl (C=O) groups excluding carboxylic acids is 1. The average molecular weight is 176 g/mol. The number of hydrogen-bond donors (Lipinski definition) is 2. The molecule has 0 saturated heterocycles. The Balaban J connectivity index is 2.53. The molecular formula is C10H12N2O. The molecule has 3 nitrogen and oxygen atoms in total. The Labute approximate surface area is 77.3 Å². The standard InChI is InChI=1S/C10H12N2O/c11-6-1-7-12-10-4-2-9(8-13)3-5-10/h1-6,8,12H,7,11H2. The van der Waals surface area contributed by atoms with Gasteiger partial charge in [0.15, 0.2) is 0 Å². The van der Waals surface area contributed by atoms with E-state index in [2.05, 4.69) is 5.32 Å². The summed E-state index contributed by atoms with van der Waals surface area (Å²) in [5.41, 5.74) is 6.83. The number of rotatable bonds is 4. The van der Waals surface area contributed by atoms with Crippen LogP contribution in [0.3, 0.4) is 0 Å². The third kappa shape index (κ3) is 2.99. The van der Waals surface area contributed by atoms with Crippen molar-refractivity contribution in [1.29, 1.82) is 0 Å². The highest BCUT2D eigenvalue weighted by atomic mass is 16.1. The number of aldehydes is 1. The van der Waals surface area contributed by atoms with Gasteiger partial charge >= 0.3 is 0 Å². The molecule has 68 valence electrons. The van der Waals surface area contributed by atoms with Gasteiger partial charge in [0.05, 0.1) is 0 Å². The van der Waals surface area contributed by atoms with Gasteiger partial charge in [-0.2, -0.15) is 0 Å². The summed E-state index contributed by atoms with van der Waals surface area (Å²) in [5.74, 6) is 0. The third-order valence-electron chi connectivity index (χ3n) is 1.61. The molecule has 0 radical (unpaired) electrons. The Kier molecular flexibility index (Phi) is 3.57. The second-order valence-corrected chi connectivity index (χ2v) is 2.55. The number of nitrogens with one attached hydrogen (secondary N) is 1. The maximum absolute atomic E-state index is 10.3. The van der Waals surface area contributed by atoms with Crippen molar-refractivity contribution in [2.24, 2.45) is 5.73 Å². The van der Waals surface area contributed by atoms with Crippen molar-refractivity contribution >= 4 is 12.0 Å². The number of hydrogen-bond acceptors (Lipinski definition) is 3. The van der Waals surface area contributed by atoms with Gasteiger partial charge in [0.2, 0.25) is 0 Å². The molecule has 1 aromatic carbocycles. The van der Waals surface area contributed by atoms with E-state index >= 15 is 0 Å². The molecule has 0 aliphatic carbocycles. The van der Waals surface area contributed by atoms with Gasteiger partial charge in [0.1, 0.15) is 6.29 Å². The van der Waals surface area contributed by atoms with Crippen LogP contribution in [0.1, 0.15) is 10.4 Å². The molecule has 0 bridgehead atoms. The fraction of sp³-hybridized carbons (Fsp3) is 0.100. The van der Waals surface area contributed by atoms with Crippen LogP contribution >= 0.6 is 0 Å². The highest BCUT2D eigenvalue weighted by Crippen LogP contribution is 2.07. The van der Waals surface area contributed by atoms with E-state index in [9.17, 15) is 4.79 Å². The summed E-state index contributed by atoms with van der Waals surface area (Å²) in [7, 11) is 0. The zero-order valence-electron chi connectivity index (χ0n) is 7.23. The monoisotopic (exact) mass is 176 g/mol. The minimum absolute atomic E-state index is 0.680. The van der Waals surface area contributed by atoms with Crippen LogP contribution in [-0.2, 0) is 0 Å². The van der Waals surface area contributed by atoms with Crippen LogP contribution in [0.25, 0.3) is 0 Å². The van der Waals surface area contributed by atoms with Gasteiger partial charge in [-0.05, 0) is 36.5 Å². The van der Waals surface area contributed by atoms with Crippen molar-refractivity contribution in [1.82, 2.24) is 0 Å². The van der Waals surface area contributed by atoms with Gasteiger partial charge in [0.25, 0.3) is 0 Å². The zero-order valence-corrected chi connectivity index (χ0v) is 7.23. The Morgan fingerprint density at radius 1 is 1.31 bits per heavy atom. The lowest BCUT2D eigenvalue weighted by Gasteiger charge is -2.02. The van der Waals surface area contributed by atoms with Gasteiger partial charge in [0, 0.05) is 17.8 Å². The molecule has 3 N–H and O–H groups in total. The predicted octanol–water partition coefficient (Wildman–Crippen LogP) is 1.38. The third-order valence-corrected chi connectivity index (χ3v) is 1.61. The van der Waals surface area contributed by atoms with Crippen molar-refractivity contribution < 1.29 is 4.79 Å². The van der Waals surface area contributed by atoms with Gasteiger partial charge < -0.3 is 11.1 Å². The van der Waals surface area contributed by atoms with Crippen LogP contribution in [0.2, 0.25) is 0 Å². The molecule has 1 aromatic rings. The van der Waals surface area contributed by atoms with E-state index in [-0.39, 0.29) is 0 Å². The summed E-state index contributed by atoms with van der Waals surface area (Å²) < 4.78 is 0. The minimum atomic E-state index is 0.680. The van der Waals surface area contributed by atoms with Crippen molar-refractivity contribution in [2.45, 2.75) is 0 Å². The molecular weight excluding hydrogens is 164 g/mol. The summed E-state index contributed by atoms with van der Waals surface area (Å²) in [5, 5.41) is 3.11. The topological polar surface area (TPSA) is 55.1 Å². The van der Waals surface area contributed by atoms with Gasteiger partial charge in [-0.3, -0.25) is 4.79 Å². The van der Waals surface area contributed by atoms with E-state index < -0.39 is 0 Å². The first-order chi connectivity index (χ1) is 6.36. The minimum Gasteiger partial charge on any atom is -0.405 e. The molecule has 0 heterocycles. The van der Waals surface area contributed by atoms with Crippen LogP contribution in [0.15, 0.2) is 36.5 Å². The largest absolute Gasteiger partial charge is 0.405 e. The normalized spacial score (nSPS) is 10.2. The first-order valence-corrected chi connectivity index (χ1v) is 4.02. The highest BCUT2D eigenvalue weighted by molar-refractivity contribution is 5.75. The maximum Gasteiger partial charge on any atom is 0.150 e. The summed E-state index contributed by atoms with van der Waals surface area (Å²) in [4.78, 5) is 10.3. The molecule has 0 aliphatic heterocycles. The van der Waals surface area contributed by atoms with Crippen molar-refractivity contribution in [3.63, 3.8) is 0 Å². The Morgan fingerprint density at radius 3 is 2.54 bits per heavy atom. The molecule has 0 amide bonds. The molecule has 0 fully saturated rings. The highest BCUT2D eigenvalue weighted by Gasteiger charge is 1.90. The summed E-state index contributed by atoms with van der Waals surface area (Å²) >= 11 is 0. The van der Waals surface area contributed by atoms with Crippen molar-refractivity contribution in [3.8, 4) is 0 Å². The van der Waals surface area contributed by atoms with Crippen molar-refractivity contribution in [2.75, 3.05) is 11.9 Å². The van der Waals surface area contributed by atoms with Crippen LogP contribution in [0, 0.1) is 0 Å². The second-order valence-electron chi connectivity index (χ2n) is 2.55. The van der Waals surface area contributed by atoms with Crippen molar-refractivity contribution in [3.05, 3.63) is 42.1 Å². The van der Waals surface area contributed by atoms with Crippen LogP contribution in [0.5, 0.6) is 0 Å². The summed E-state index contributed by atoms with van der Waals surface area (Å²) in [6.07, 6.45) is 4.13. The molecule has 0 aliphatic rings. The number of anilines is 1. The number of benzene rings is 1. The smallest absolute Gasteiger partial charge is 0.150 e. The molecule has 0 saturated carbocycles. The lowest BCUT2D eigenvalue weighted by Crippen LogP contribution is -1.98. The fourth-order valence-corrected chi connectivity index (χ4v) is 0.924. The fourth-order valence-electron chi connectivity index (χ4n) is 0.924. The predicted molar refractivity (Wildman–Crippen MR) is 53.6 cm³/mol. The molecule has 0 spiro atoms. The van der Waals surface area contributed by atoms with Gasteiger partial charge in [-0.1, -0.05) is 0 Å². The molecule has 3 heteroatoms. The van der Waals surface area contributed by atoms with E-state index in [1.165, 1.54) is 6.20 Å². The first kappa shape index (κ1) is 9.32. The van der Waals surface area contributed by atoms with Crippen LogP contribution in [0.4, 0.5) is 5.69 Å². The van der Waals surface area contributed by atoms with E-state index in [4.69, 9.17) is 5.73 Å². The molecule has 0 atom stereocenters. The van der Waals surface area contributed by atoms with E-state index in [0.717, 1.165) is 12.0 Å². The molecule has 13 heavy (non-hydrogen) atoms. The lowest BCUT2D eigenvalue weighted by atomic mass is 10.2. The molecule has 1 rings (SSSR count). The second kappa shape index (κ2) is 4.98. The number of carbonyl (C=O) groups is 1. The SMILES string of the molecule is NC=CCNc1ccc(C=O)cc1. The van der Waals surface area contributed by atoms with Crippen LogP contribution < -0.4 is 11.1 Å². The Bertz CT molecular complexity index is 290. The molecule has 0 unspecified atom stereocenters. The zero-order chi connectivity index (χ0) is 9.52. The number of nitrogens with two attached hydrogens (primary N) is 1. The summed E-state index contributed by atoms with van der Waals surface area (Å²) in [6, 6.07) is 7.24. The lowest BCUT2D eigenvalue weighted by molar-refractivity contribution is 0.112. The van der Waals surface area contributed by atoms with Crippen LogP contribution in [-0.4, -0.2) is 12.8 Å². The maximum atomic E-state index is 10.3. The molecule has 0 aromatic heterocycles. The quantitative estimate of drug-likeness (QED) is 0.681. The summed E-state index contributed by atoms with van der Waals surface area (Å²) in [6.45, 7) is 0.691.